The van der Waals surface area contributed by atoms with Gasteiger partial charge < -0.3 is 10.1 Å². The van der Waals surface area contributed by atoms with Crippen LogP contribution in [-0.4, -0.2) is 19.0 Å². The Kier molecular flexibility index (Phi) is 5.36. The summed E-state index contributed by atoms with van der Waals surface area (Å²) in [7, 11) is 1.32. The normalized spacial score (nSPS) is 11.7. The van der Waals surface area contributed by atoms with Crippen LogP contribution in [0.4, 0.5) is 5.69 Å². The maximum Gasteiger partial charge on any atom is 0.339 e. The van der Waals surface area contributed by atoms with Crippen LogP contribution in [0.1, 0.15) is 37.0 Å². The number of rotatable bonds is 5. The average Bonchev–Trinajstić information content (AvgIpc) is 2.38. The first kappa shape index (κ1) is 14.2. The molecule has 0 heterocycles. The molecule has 1 rings (SSSR count). The van der Waals surface area contributed by atoms with Gasteiger partial charge in [0.1, 0.15) is 0 Å². The van der Waals surface area contributed by atoms with Crippen LogP contribution in [0.25, 0.3) is 0 Å². The fourth-order valence-electron chi connectivity index (χ4n) is 1.70. The van der Waals surface area contributed by atoms with Crippen LogP contribution in [-0.2, 0) is 9.53 Å². The van der Waals surface area contributed by atoms with E-state index < -0.39 is 5.97 Å². The lowest BCUT2D eigenvalue weighted by Crippen LogP contribution is -2.21. The summed E-state index contributed by atoms with van der Waals surface area (Å²) in [6, 6.07) is 6.83. The van der Waals surface area contributed by atoms with Gasteiger partial charge in [0.25, 0.3) is 0 Å². The van der Waals surface area contributed by atoms with E-state index in [1.54, 1.807) is 24.3 Å². The molecule has 1 atom stereocenters. The van der Waals surface area contributed by atoms with Crippen molar-refractivity contribution in [3.63, 3.8) is 0 Å². The molecule has 0 aliphatic heterocycles. The summed E-state index contributed by atoms with van der Waals surface area (Å²) in [6.45, 7) is 3.91. The molecular weight excluding hydrogens is 230 g/mol. The maximum absolute atomic E-state index is 11.9. The first-order valence-electron chi connectivity index (χ1n) is 6.08. The number of carbonyl (C=O) groups is 2. The molecule has 0 unspecified atom stereocenters. The molecule has 0 aliphatic rings. The molecule has 4 nitrogen and oxygen atoms in total. The molecule has 0 fully saturated rings. The summed E-state index contributed by atoms with van der Waals surface area (Å²) < 4.78 is 4.68. The van der Waals surface area contributed by atoms with Gasteiger partial charge in [0.2, 0.25) is 5.91 Å². The van der Waals surface area contributed by atoms with Crippen molar-refractivity contribution in [2.24, 2.45) is 5.92 Å². The van der Waals surface area contributed by atoms with Crippen molar-refractivity contribution in [1.82, 2.24) is 0 Å². The molecule has 0 saturated heterocycles. The number of hydrogen-bond acceptors (Lipinski definition) is 3. The molecule has 18 heavy (non-hydrogen) atoms. The van der Waals surface area contributed by atoms with E-state index in [0.717, 1.165) is 12.8 Å². The van der Waals surface area contributed by atoms with Gasteiger partial charge in [-0.1, -0.05) is 32.4 Å². The number of methoxy groups -OCH3 is 1. The van der Waals surface area contributed by atoms with Gasteiger partial charge >= 0.3 is 5.97 Å². The standard InChI is InChI=1S/C14H19NO3/c1-4-7-10(2)13(16)15-12-9-6-5-8-11(12)14(17)18-3/h5-6,8-10H,4,7H2,1-3H3,(H,15,16)/t10-/m0/s1. The molecule has 0 bridgehead atoms. The van der Waals surface area contributed by atoms with Crippen molar-refractivity contribution < 1.29 is 14.3 Å². The molecule has 98 valence electrons. The second-order valence-electron chi connectivity index (χ2n) is 4.22. The SMILES string of the molecule is CCC[C@H](C)C(=O)Nc1ccccc1C(=O)OC. The zero-order chi connectivity index (χ0) is 13.5. The van der Waals surface area contributed by atoms with Crippen LogP contribution in [0.5, 0.6) is 0 Å². The number of benzene rings is 1. The van der Waals surface area contributed by atoms with Crippen LogP contribution in [0.15, 0.2) is 24.3 Å². The second-order valence-corrected chi connectivity index (χ2v) is 4.22. The van der Waals surface area contributed by atoms with Crippen LogP contribution in [0.3, 0.4) is 0 Å². The number of esters is 1. The third-order valence-corrected chi connectivity index (χ3v) is 2.76. The van der Waals surface area contributed by atoms with Crippen molar-refractivity contribution in [3.8, 4) is 0 Å². The first-order valence-corrected chi connectivity index (χ1v) is 6.08. The lowest BCUT2D eigenvalue weighted by Gasteiger charge is -2.13. The zero-order valence-corrected chi connectivity index (χ0v) is 11.0. The van der Waals surface area contributed by atoms with E-state index in [1.165, 1.54) is 7.11 Å². The van der Waals surface area contributed by atoms with E-state index >= 15 is 0 Å². The van der Waals surface area contributed by atoms with E-state index in [1.807, 2.05) is 13.8 Å². The lowest BCUT2D eigenvalue weighted by atomic mass is 10.0. The molecule has 1 amide bonds. The van der Waals surface area contributed by atoms with Crippen LogP contribution >= 0.6 is 0 Å². The highest BCUT2D eigenvalue weighted by Gasteiger charge is 2.16. The third-order valence-electron chi connectivity index (χ3n) is 2.76. The summed E-state index contributed by atoms with van der Waals surface area (Å²) in [5.41, 5.74) is 0.870. The number of ether oxygens (including phenoxy) is 1. The Bertz CT molecular complexity index is 429. The van der Waals surface area contributed by atoms with Crippen molar-refractivity contribution >= 4 is 17.6 Å². The molecule has 0 spiro atoms. The minimum Gasteiger partial charge on any atom is -0.465 e. The minimum atomic E-state index is -0.450. The van der Waals surface area contributed by atoms with Gasteiger partial charge in [-0.15, -0.1) is 0 Å². The summed E-state index contributed by atoms with van der Waals surface area (Å²) in [5.74, 6) is -0.594. The zero-order valence-electron chi connectivity index (χ0n) is 11.0. The van der Waals surface area contributed by atoms with Gasteiger partial charge in [-0.05, 0) is 18.6 Å². The van der Waals surface area contributed by atoms with Crippen LogP contribution < -0.4 is 5.32 Å². The van der Waals surface area contributed by atoms with E-state index in [0.29, 0.717) is 11.3 Å². The summed E-state index contributed by atoms with van der Waals surface area (Å²) in [4.78, 5) is 23.4. The molecule has 0 aliphatic carbocycles. The van der Waals surface area contributed by atoms with Crippen LogP contribution in [0.2, 0.25) is 0 Å². The molecule has 0 saturated carbocycles. The van der Waals surface area contributed by atoms with Gasteiger partial charge in [-0.3, -0.25) is 4.79 Å². The number of carbonyl (C=O) groups excluding carboxylic acids is 2. The van der Waals surface area contributed by atoms with E-state index in [4.69, 9.17) is 0 Å². The molecule has 1 N–H and O–H groups in total. The van der Waals surface area contributed by atoms with Crippen molar-refractivity contribution in [2.45, 2.75) is 26.7 Å². The van der Waals surface area contributed by atoms with Crippen LogP contribution in [0, 0.1) is 5.92 Å². The monoisotopic (exact) mass is 249 g/mol. The highest BCUT2D eigenvalue weighted by atomic mass is 16.5. The molecule has 4 heteroatoms. The summed E-state index contributed by atoms with van der Waals surface area (Å²) in [6.07, 6.45) is 1.78. The predicted molar refractivity (Wildman–Crippen MR) is 70.5 cm³/mol. The maximum atomic E-state index is 11.9. The highest BCUT2D eigenvalue weighted by molar-refractivity contribution is 6.01. The summed E-state index contributed by atoms with van der Waals surface area (Å²) >= 11 is 0. The first-order chi connectivity index (χ1) is 8.60. The Morgan fingerprint density at radius 2 is 2.00 bits per heavy atom. The largest absolute Gasteiger partial charge is 0.465 e. The molecule has 0 radical (unpaired) electrons. The van der Waals surface area contributed by atoms with E-state index in [-0.39, 0.29) is 11.8 Å². The Labute approximate surface area is 107 Å². The molecule has 0 aromatic heterocycles. The quantitative estimate of drug-likeness (QED) is 0.816. The minimum absolute atomic E-state index is 0.0688. The van der Waals surface area contributed by atoms with Crippen molar-refractivity contribution in [3.05, 3.63) is 29.8 Å². The molecule has 1 aromatic rings. The Balaban J connectivity index is 2.84. The third kappa shape index (κ3) is 3.58. The Morgan fingerprint density at radius 1 is 1.33 bits per heavy atom. The van der Waals surface area contributed by atoms with Gasteiger partial charge in [0.05, 0.1) is 18.4 Å². The van der Waals surface area contributed by atoms with Gasteiger partial charge in [-0.25, -0.2) is 4.79 Å². The fraction of sp³-hybridized carbons (Fsp3) is 0.429. The number of anilines is 1. The molecule has 1 aromatic carbocycles. The van der Waals surface area contributed by atoms with Gasteiger partial charge in [0.15, 0.2) is 0 Å². The fourth-order valence-corrected chi connectivity index (χ4v) is 1.70. The molecular formula is C14H19NO3. The van der Waals surface area contributed by atoms with Crippen molar-refractivity contribution in [1.29, 1.82) is 0 Å². The summed E-state index contributed by atoms with van der Waals surface area (Å²) in [5, 5.41) is 2.77. The smallest absolute Gasteiger partial charge is 0.339 e. The Hall–Kier alpha value is -1.84. The van der Waals surface area contributed by atoms with Crippen molar-refractivity contribution in [2.75, 3.05) is 12.4 Å². The predicted octanol–water partition coefficient (Wildman–Crippen LogP) is 2.85. The van der Waals surface area contributed by atoms with E-state index in [9.17, 15) is 9.59 Å². The lowest BCUT2D eigenvalue weighted by molar-refractivity contribution is -0.119. The number of hydrogen-bond donors (Lipinski definition) is 1. The van der Waals surface area contributed by atoms with Gasteiger partial charge in [-0.2, -0.15) is 0 Å². The topological polar surface area (TPSA) is 55.4 Å². The number of para-hydroxylation sites is 1. The average molecular weight is 249 g/mol. The van der Waals surface area contributed by atoms with E-state index in [2.05, 4.69) is 10.1 Å². The number of nitrogens with one attached hydrogen (secondary N) is 1. The highest BCUT2D eigenvalue weighted by Crippen LogP contribution is 2.18. The second kappa shape index (κ2) is 6.79. The number of amides is 1. The van der Waals surface area contributed by atoms with Gasteiger partial charge in [0, 0.05) is 5.92 Å². The Morgan fingerprint density at radius 3 is 2.61 bits per heavy atom.